The lowest BCUT2D eigenvalue weighted by atomic mass is 9.74. The zero-order valence-electron chi connectivity index (χ0n) is 14.0. The van der Waals surface area contributed by atoms with Gasteiger partial charge in [-0.25, -0.2) is 13.1 Å². The molecule has 1 aliphatic rings. The van der Waals surface area contributed by atoms with E-state index in [4.69, 9.17) is 5.73 Å². The van der Waals surface area contributed by atoms with Gasteiger partial charge >= 0.3 is 0 Å². The Bertz CT molecular complexity index is 660. The van der Waals surface area contributed by atoms with E-state index in [-0.39, 0.29) is 30.8 Å². The number of carbonyl (C=O) groups is 1. The van der Waals surface area contributed by atoms with Gasteiger partial charge < -0.3 is 11.1 Å². The normalized spacial score (nSPS) is 24.0. The Balaban J connectivity index is 0.00000288. The maximum absolute atomic E-state index is 12.4. The zero-order chi connectivity index (χ0) is 17.1. The van der Waals surface area contributed by atoms with Crippen LogP contribution in [0.15, 0.2) is 24.3 Å². The minimum Gasteiger partial charge on any atom is -0.326 e. The van der Waals surface area contributed by atoms with E-state index in [0.717, 1.165) is 37.5 Å². The fraction of sp³-hybridized carbons (Fsp3) is 0.562. The van der Waals surface area contributed by atoms with Crippen LogP contribution in [0.25, 0.3) is 0 Å². The van der Waals surface area contributed by atoms with Crippen molar-refractivity contribution >= 4 is 34.0 Å². The van der Waals surface area contributed by atoms with Gasteiger partial charge in [0, 0.05) is 17.8 Å². The molecule has 0 aliphatic heterocycles. The van der Waals surface area contributed by atoms with E-state index < -0.39 is 15.6 Å². The second kappa shape index (κ2) is 8.29. The second-order valence-corrected chi connectivity index (χ2v) is 8.42. The lowest BCUT2D eigenvalue weighted by molar-refractivity contribution is -0.122. The number of hydrogen-bond acceptors (Lipinski definition) is 4. The third-order valence-electron chi connectivity index (χ3n) is 4.33. The lowest BCUT2D eigenvalue weighted by Crippen LogP contribution is -2.51. The molecule has 0 spiro atoms. The summed E-state index contributed by atoms with van der Waals surface area (Å²) in [4.78, 5) is 12.4. The van der Waals surface area contributed by atoms with Gasteiger partial charge in [0.15, 0.2) is 0 Å². The molecule has 0 saturated heterocycles. The molecule has 0 heterocycles. The number of hydrogen-bond donors (Lipinski definition) is 3. The van der Waals surface area contributed by atoms with Crippen molar-refractivity contribution in [3.8, 4) is 0 Å². The standard InChI is InChI=1S/C16H25N3O3S.ClH/c1-16(17)10-4-3-5-14(16)15(20)19-13-8-6-12(7-9-13)11-18-23(2,21)22;/h6-9,14,18H,3-5,10-11,17H2,1-2H3,(H,19,20);1H. The van der Waals surface area contributed by atoms with Gasteiger partial charge in [-0.2, -0.15) is 0 Å². The van der Waals surface area contributed by atoms with Crippen molar-refractivity contribution in [3.05, 3.63) is 29.8 Å². The minimum absolute atomic E-state index is 0. The lowest BCUT2D eigenvalue weighted by Gasteiger charge is -2.37. The number of halogens is 1. The van der Waals surface area contributed by atoms with Gasteiger partial charge in [0.05, 0.1) is 12.2 Å². The highest BCUT2D eigenvalue weighted by Crippen LogP contribution is 2.32. The van der Waals surface area contributed by atoms with Gasteiger partial charge in [-0.3, -0.25) is 4.79 Å². The number of rotatable bonds is 5. The van der Waals surface area contributed by atoms with Gasteiger partial charge in [-0.1, -0.05) is 25.0 Å². The monoisotopic (exact) mass is 375 g/mol. The van der Waals surface area contributed by atoms with E-state index in [9.17, 15) is 13.2 Å². The first kappa shape index (κ1) is 20.9. The van der Waals surface area contributed by atoms with Crippen molar-refractivity contribution in [2.75, 3.05) is 11.6 Å². The van der Waals surface area contributed by atoms with Crippen LogP contribution in [0.4, 0.5) is 5.69 Å². The van der Waals surface area contributed by atoms with Crippen LogP contribution in [-0.4, -0.2) is 26.1 Å². The quantitative estimate of drug-likeness (QED) is 0.732. The second-order valence-electron chi connectivity index (χ2n) is 6.58. The molecule has 1 aliphatic carbocycles. The van der Waals surface area contributed by atoms with Crippen LogP contribution in [0.1, 0.15) is 38.2 Å². The predicted octanol–water partition coefficient (Wildman–Crippen LogP) is 2.00. The maximum Gasteiger partial charge on any atom is 0.229 e. The molecule has 1 aromatic rings. The van der Waals surface area contributed by atoms with Crippen molar-refractivity contribution in [2.24, 2.45) is 11.7 Å². The van der Waals surface area contributed by atoms with Crippen LogP contribution in [0.5, 0.6) is 0 Å². The fourth-order valence-corrected chi connectivity index (χ4v) is 3.37. The van der Waals surface area contributed by atoms with Crippen molar-refractivity contribution in [3.63, 3.8) is 0 Å². The Hall–Kier alpha value is -1.15. The number of carbonyl (C=O) groups excluding carboxylic acids is 1. The van der Waals surface area contributed by atoms with E-state index in [1.165, 1.54) is 0 Å². The molecule has 1 saturated carbocycles. The third-order valence-corrected chi connectivity index (χ3v) is 5.00. The molecule has 2 atom stereocenters. The van der Waals surface area contributed by atoms with Crippen LogP contribution < -0.4 is 15.8 Å². The number of nitrogens with one attached hydrogen (secondary N) is 2. The summed E-state index contributed by atoms with van der Waals surface area (Å²) >= 11 is 0. The molecule has 1 amide bonds. The molecule has 136 valence electrons. The van der Waals surface area contributed by atoms with Crippen LogP contribution in [0.3, 0.4) is 0 Å². The molecule has 1 fully saturated rings. The van der Waals surface area contributed by atoms with Gasteiger partial charge in [-0.15, -0.1) is 12.4 Å². The highest BCUT2D eigenvalue weighted by Gasteiger charge is 2.37. The van der Waals surface area contributed by atoms with Crippen LogP contribution in [-0.2, 0) is 21.4 Å². The number of anilines is 1. The average molecular weight is 376 g/mol. The Morgan fingerprint density at radius 3 is 2.46 bits per heavy atom. The molecular weight excluding hydrogens is 350 g/mol. The smallest absolute Gasteiger partial charge is 0.229 e. The maximum atomic E-state index is 12.4. The predicted molar refractivity (Wildman–Crippen MR) is 98.6 cm³/mol. The molecular formula is C16H26ClN3O3S. The van der Waals surface area contributed by atoms with E-state index in [1.54, 1.807) is 24.3 Å². The van der Waals surface area contributed by atoms with Gasteiger partial charge in [0.25, 0.3) is 0 Å². The summed E-state index contributed by atoms with van der Waals surface area (Å²) in [5, 5.41) is 2.91. The summed E-state index contributed by atoms with van der Waals surface area (Å²) in [6.45, 7) is 2.17. The minimum atomic E-state index is -3.21. The first-order valence-electron chi connectivity index (χ1n) is 7.81. The van der Waals surface area contributed by atoms with E-state index in [0.29, 0.717) is 5.69 Å². The first-order chi connectivity index (χ1) is 10.7. The Kier molecular flexibility index (Phi) is 7.22. The van der Waals surface area contributed by atoms with Crippen molar-refractivity contribution in [1.82, 2.24) is 4.72 Å². The van der Waals surface area contributed by atoms with Gasteiger partial charge in [-0.05, 0) is 37.5 Å². The number of amides is 1. The van der Waals surface area contributed by atoms with Crippen molar-refractivity contribution in [1.29, 1.82) is 0 Å². The first-order valence-corrected chi connectivity index (χ1v) is 9.70. The summed E-state index contributed by atoms with van der Waals surface area (Å²) in [6.07, 6.45) is 4.89. The summed E-state index contributed by atoms with van der Waals surface area (Å²) in [6, 6.07) is 7.12. The average Bonchev–Trinajstić information content (AvgIpc) is 2.45. The molecule has 8 heteroatoms. The molecule has 24 heavy (non-hydrogen) atoms. The summed E-state index contributed by atoms with van der Waals surface area (Å²) in [7, 11) is -3.21. The van der Waals surface area contributed by atoms with Crippen LogP contribution in [0, 0.1) is 5.92 Å². The number of nitrogens with two attached hydrogens (primary N) is 1. The molecule has 2 unspecified atom stereocenters. The topological polar surface area (TPSA) is 101 Å². The zero-order valence-corrected chi connectivity index (χ0v) is 15.7. The number of sulfonamides is 1. The van der Waals surface area contributed by atoms with Crippen LogP contribution in [0.2, 0.25) is 0 Å². The highest BCUT2D eigenvalue weighted by atomic mass is 35.5. The summed E-state index contributed by atoms with van der Waals surface area (Å²) < 4.78 is 24.6. The molecule has 4 N–H and O–H groups in total. The Labute approximate surface area is 150 Å². The molecule has 0 aromatic heterocycles. The van der Waals surface area contributed by atoms with Crippen molar-refractivity contribution < 1.29 is 13.2 Å². The van der Waals surface area contributed by atoms with Crippen molar-refractivity contribution in [2.45, 2.75) is 44.7 Å². The summed E-state index contributed by atoms with van der Waals surface area (Å²) in [5.41, 5.74) is 7.32. The summed E-state index contributed by atoms with van der Waals surface area (Å²) in [5.74, 6) is -0.223. The molecule has 2 rings (SSSR count). The SMILES string of the molecule is CC1(N)CCCCC1C(=O)Nc1ccc(CNS(C)(=O)=O)cc1.Cl. The Morgan fingerprint density at radius 1 is 1.29 bits per heavy atom. The largest absolute Gasteiger partial charge is 0.326 e. The van der Waals surface area contributed by atoms with Crippen LogP contribution >= 0.6 is 12.4 Å². The third kappa shape index (κ3) is 6.05. The molecule has 0 radical (unpaired) electrons. The Morgan fingerprint density at radius 2 is 1.92 bits per heavy atom. The fourth-order valence-electron chi connectivity index (χ4n) is 2.94. The van der Waals surface area contributed by atoms with Gasteiger partial charge in [0.2, 0.25) is 15.9 Å². The molecule has 1 aromatic carbocycles. The van der Waals surface area contributed by atoms with Gasteiger partial charge in [0.1, 0.15) is 0 Å². The van der Waals surface area contributed by atoms with E-state index in [2.05, 4.69) is 10.0 Å². The number of benzene rings is 1. The molecule has 6 nitrogen and oxygen atoms in total. The van der Waals surface area contributed by atoms with E-state index >= 15 is 0 Å². The van der Waals surface area contributed by atoms with E-state index in [1.807, 2.05) is 6.92 Å². The highest BCUT2D eigenvalue weighted by molar-refractivity contribution is 7.88. The molecule has 0 bridgehead atoms.